The molecule has 1 heterocycles. The third-order valence-electron chi connectivity index (χ3n) is 4.65. The van der Waals surface area contributed by atoms with Gasteiger partial charge in [0.1, 0.15) is 11.3 Å². The van der Waals surface area contributed by atoms with Crippen LogP contribution in [0.5, 0.6) is 5.75 Å². The van der Waals surface area contributed by atoms with Gasteiger partial charge in [-0.3, -0.25) is 25.1 Å². The quantitative estimate of drug-likeness (QED) is 0.424. The van der Waals surface area contributed by atoms with E-state index >= 15 is 0 Å². The standard InChI is InChI=1S/C20H20N4O6/c1-12-8-13(2)10-16(9-12)30-11-17(25)22-23-18(26)20(3,21-19(23)27)14-4-6-15(7-5-14)24(28)29/h4-10H,11H2,1-3H3,(H,21,27)(H,22,25)/t20-/m1/s1. The van der Waals surface area contributed by atoms with Gasteiger partial charge in [0.25, 0.3) is 17.5 Å². The first kappa shape index (κ1) is 20.8. The van der Waals surface area contributed by atoms with Crippen LogP contribution in [0.15, 0.2) is 42.5 Å². The van der Waals surface area contributed by atoms with Crippen LogP contribution in [0.4, 0.5) is 10.5 Å². The molecule has 10 heteroatoms. The highest BCUT2D eigenvalue weighted by molar-refractivity contribution is 6.08. The van der Waals surface area contributed by atoms with Gasteiger partial charge in [0.15, 0.2) is 6.61 Å². The molecule has 4 amide bonds. The second-order valence-corrected chi connectivity index (χ2v) is 7.15. The van der Waals surface area contributed by atoms with E-state index < -0.39 is 34.9 Å². The zero-order valence-corrected chi connectivity index (χ0v) is 16.6. The van der Waals surface area contributed by atoms with Crippen LogP contribution in [0.25, 0.3) is 0 Å². The molecule has 0 aromatic heterocycles. The highest BCUT2D eigenvalue weighted by Crippen LogP contribution is 2.29. The number of imide groups is 1. The van der Waals surface area contributed by atoms with Gasteiger partial charge in [-0.1, -0.05) is 6.07 Å². The fourth-order valence-corrected chi connectivity index (χ4v) is 3.17. The predicted molar refractivity (Wildman–Crippen MR) is 105 cm³/mol. The van der Waals surface area contributed by atoms with Crippen LogP contribution in [-0.2, 0) is 15.1 Å². The molecule has 1 aliphatic rings. The summed E-state index contributed by atoms with van der Waals surface area (Å²) in [6.45, 7) is 4.85. The third-order valence-corrected chi connectivity index (χ3v) is 4.65. The number of amides is 4. The normalized spacial score (nSPS) is 18.2. The second-order valence-electron chi connectivity index (χ2n) is 7.15. The maximum atomic E-state index is 12.8. The highest BCUT2D eigenvalue weighted by atomic mass is 16.6. The van der Waals surface area contributed by atoms with Crippen molar-refractivity contribution < 1.29 is 24.0 Å². The minimum atomic E-state index is -1.48. The summed E-state index contributed by atoms with van der Waals surface area (Å²) in [7, 11) is 0. The molecular formula is C20H20N4O6. The van der Waals surface area contributed by atoms with Gasteiger partial charge in [-0.25, -0.2) is 4.79 Å². The van der Waals surface area contributed by atoms with Crippen LogP contribution in [-0.4, -0.2) is 34.4 Å². The topological polar surface area (TPSA) is 131 Å². The van der Waals surface area contributed by atoms with E-state index in [0.717, 1.165) is 11.1 Å². The van der Waals surface area contributed by atoms with E-state index in [0.29, 0.717) is 16.3 Å². The summed E-state index contributed by atoms with van der Waals surface area (Å²) < 4.78 is 5.44. The molecule has 0 spiro atoms. The van der Waals surface area contributed by atoms with E-state index in [1.165, 1.54) is 31.2 Å². The maximum absolute atomic E-state index is 12.8. The Bertz CT molecular complexity index is 1020. The van der Waals surface area contributed by atoms with Crippen molar-refractivity contribution >= 4 is 23.5 Å². The van der Waals surface area contributed by atoms with Crippen LogP contribution >= 0.6 is 0 Å². The molecule has 30 heavy (non-hydrogen) atoms. The second kappa shape index (κ2) is 7.82. The third kappa shape index (κ3) is 4.07. The number of urea groups is 1. The van der Waals surface area contributed by atoms with Gasteiger partial charge in [-0.2, -0.15) is 5.01 Å². The maximum Gasteiger partial charge on any atom is 0.344 e. The van der Waals surface area contributed by atoms with Crippen LogP contribution in [0.2, 0.25) is 0 Å². The van der Waals surface area contributed by atoms with Gasteiger partial charge < -0.3 is 10.1 Å². The molecule has 1 aliphatic heterocycles. The van der Waals surface area contributed by atoms with E-state index in [1.54, 1.807) is 12.1 Å². The van der Waals surface area contributed by atoms with Gasteiger partial charge in [-0.05, 0) is 61.7 Å². The van der Waals surface area contributed by atoms with Gasteiger partial charge in [0, 0.05) is 12.1 Å². The molecular weight excluding hydrogens is 392 g/mol. The number of carbonyl (C=O) groups excluding carboxylic acids is 3. The molecule has 10 nitrogen and oxygen atoms in total. The number of carbonyl (C=O) groups is 3. The van der Waals surface area contributed by atoms with Gasteiger partial charge in [0.05, 0.1) is 4.92 Å². The average molecular weight is 412 g/mol. The molecule has 2 aromatic rings. The fraction of sp³-hybridized carbons (Fsp3) is 0.250. The number of aryl methyl sites for hydroxylation is 2. The number of rotatable bonds is 6. The number of nitrogens with zero attached hydrogens (tertiary/aromatic N) is 2. The number of nitro benzene ring substituents is 1. The summed E-state index contributed by atoms with van der Waals surface area (Å²) in [5, 5.41) is 13.9. The largest absolute Gasteiger partial charge is 0.484 e. The molecule has 1 saturated heterocycles. The lowest BCUT2D eigenvalue weighted by molar-refractivity contribution is -0.384. The Balaban J connectivity index is 1.68. The first-order valence-corrected chi connectivity index (χ1v) is 9.02. The Morgan fingerprint density at radius 1 is 1.17 bits per heavy atom. The summed E-state index contributed by atoms with van der Waals surface area (Å²) in [5.74, 6) is -0.915. The monoisotopic (exact) mass is 412 g/mol. The predicted octanol–water partition coefficient (Wildman–Crippen LogP) is 2.09. The van der Waals surface area contributed by atoms with Crippen molar-refractivity contribution in [1.29, 1.82) is 0 Å². The molecule has 0 saturated carbocycles. The zero-order valence-electron chi connectivity index (χ0n) is 16.6. The van der Waals surface area contributed by atoms with Gasteiger partial charge >= 0.3 is 6.03 Å². The van der Waals surface area contributed by atoms with E-state index in [9.17, 15) is 24.5 Å². The lowest BCUT2D eigenvalue weighted by atomic mass is 9.92. The number of nitrogens with one attached hydrogen (secondary N) is 2. The van der Waals surface area contributed by atoms with E-state index in [2.05, 4.69) is 10.7 Å². The van der Waals surface area contributed by atoms with Crippen molar-refractivity contribution in [2.75, 3.05) is 6.61 Å². The van der Waals surface area contributed by atoms with Crippen LogP contribution in [0, 0.1) is 24.0 Å². The number of non-ortho nitro benzene ring substituents is 1. The molecule has 0 bridgehead atoms. The number of hydrogen-bond acceptors (Lipinski definition) is 6. The molecule has 1 fully saturated rings. The summed E-state index contributed by atoms with van der Waals surface area (Å²) in [4.78, 5) is 47.5. The Labute approximate surface area is 171 Å². The lowest BCUT2D eigenvalue weighted by Crippen LogP contribution is -2.49. The summed E-state index contributed by atoms with van der Waals surface area (Å²) in [6, 6.07) is 9.90. The van der Waals surface area contributed by atoms with Crippen molar-refractivity contribution in [3.05, 3.63) is 69.3 Å². The average Bonchev–Trinajstić information content (AvgIpc) is 2.90. The molecule has 0 aliphatic carbocycles. The Morgan fingerprint density at radius 2 is 1.77 bits per heavy atom. The van der Waals surface area contributed by atoms with Crippen molar-refractivity contribution in [3.63, 3.8) is 0 Å². The van der Waals surface area contributed by atoms with Crippen molar-refractivity contribution in [2.45, 2.75) is 26.3 Å². The first-order chi connectivity index (χ1) is 14.1. The lowest BCUT2D eigenvalue weighted by Gasteiger charge is -2.22. The molecule has 2 N–H and O–H groups in total. The van der Waals surface area contributed by atoms with Gasteiger partial charge in [-0.15, -0.1) is 0 Å². The highest BCUT2D eigenvalue weighted by Gasteiger charge is 2.50. The van der Waals surface area contributed by atoms with Crippen LogP contribution < -0.4 is 15.5 Å². The molecule has 0 unspecified atom stereocenters. The smallest absolute Gasteiger partial charge is 0.344 e. The summed E-state index contributed by atoms with van der Waals surface area (Å²) >= 11 is 0. The summed E-state index contributed by atoms with van der Waals surface area (Å²) in [5.41, 5.74) is 2.89. The van der Waals surface area contributed by atoms with Crippen LogP contribution in [0.1, 0.15) is 23.6 Å². The van der Waals surface area contributed by atoms with Crippen molar-refractivity contribution in [3.8, 4) is 5.75 Å². The number of benzene rings is 2. The first-order valence-electron chi connectivity index (χ1n) is 9.02. The molecule has 2 aromatic carbocycles. The fourth-order valence-electron chi connectivity index (χ4n) is 3.17. The van der Waals surface area contributed by atoms with Crippen molar-refractivity contribution in [2.24, 2.45) is 0 Å². The number of nitro groups is 1. The number of ether oxygens (including phenoxy) is 1. The van der Waals surface area contributed by atoms with E-state index in [4.69, 9.17) is 4.74 Å². The summed E-state index contributed by atoms with van der Waals surface area (Å²) in [6.07, 6.45) is 0. The Hall–Kier alpha value is -3.95. The van der Waals surface area contributed by atoms with Gasteiger partial charge in [0.2, 0.25) is 0 Å². The molecule has 3 rings (SSSR count). The molecule has 1 atom stereocenters. The Morgan fingerprint density at radius 3 is 2.33 bits per heavy atom. The molecule has 0 radical (unpaired) electrons. The van der Waals surface area contributed by atoms with Crippen LogP contribution in [0.3, 0.4) is 0 Å². The number of hydrogen-bond donors (Lipinski definition) is 2. The number of hydrazine groups is 1. The zero-order chi connectivity index (χ0) is 22.1. The van der Waals surface area contributed by atoms with Crippen molar-refractivity contribution in [1.82, 2.24) is 15.8 Å². The minimum absolute atomic E-state index is 0.146. The van der Waals surface area contributed by atoms with E-state index in [1.807, 2.05) is 19.9 Å². The SMILES string of the molecule is Cc1cc(C)cc(OCC(=O)NN2C(=O)N[C@](C)(c3ccc([N+](=O)[O-])cc3)C2=O)c1. The Kier molecular flexibility index (Phi) is 5.41. The minimum Gasteiger partial charge on any atom is -0.484 e. The van der Waals surface area contributed by atoms with E-state index in [-0.39, 0.29) is 5.69 Å². The molecule has 156 valence electrons.